The third-order valence-corrected chi connectivity index (χ3v) is 5.36. The number of nitrogens with zero attached hydrogens (tertiary/aromatic N) is 2. The Morgan fingerprint density at radius 3 is 2.77 bits per heavy atom. The molecular weight excluding hydrogens is 350 g/mol. The number of fused-ring (bicyclic) bond motifs is 1. The van der Waals surface area contributed by atoms with Crippen LogP contribution < -0.4 is 5.32 Å². The van der Waals surface area contributed by atoms with Gasteiger partial charge in [-0.15, -0.1) is 11.3 Å². The second kappa shape index (κ2) is 8.77. The topological polar surface area (TPSA) is 92.1 Å². The number of thiazole rings is 1. The molecule has 1 heterocycles. The molecule has 1 amide bonds. The molecule has 6 nitrogen and oxygen atoms in total. The van der Waals surface area contributed by atoms with Crippen molar-refractivity contribution in [3.8, 4) is 6.07 Å². The Bertz CT molecular complexity index is 792. The van der Waals surface area contributed by atoms with Crippen LogP contribution in [0.3, 0.4) is 0 Å². The van der Waals surface area contributed by atoms with Crippen LogP contribution in [0.25, 0.3) is 10.2 Å². The second-order valence-electron chi connectivity index (χ2n) is 6.61. The standard InChI is InChI=1S/C19H23N3O3S/c1-13(2)19(3,12-20)22-16(23)11-25-18(24)10-6-9-17-21-14-7-4-5-8-15(14)26-17/h4-5,7-8,13H,6,9-11H2,1-3H3,(H,22,23)/t19-/m0/s1. The minimum Gasteiger partial charge on any atom is -0.456 e. The highest BCUT2D eigenvalue weighted by molar-refractivity contribution is 7.18. The van der Waals surface area contributed by atoms with Gasteiger partial charge < -0.3 is 10.1 Å². The number of esters is 1. The molecule has 1 atom stereocenters. The summed E-state index contributed by atoms with van der Waals surface area (Å²) in [6.07, 6.45) is 1.53. The van der Waals surface area contributed by atoms with Gasteiger partial charge in [-0.2, -0.15) is 5.26 Å². The molecule has 138 valence electrons. The van der Waals surface area contributed by atoms with E-state index < -0.39 is 17.4 Å². The molecule has 0 saturated carbocycles. The number of nitrogens with one attached hydrogen (secondary N) is 1. The molecule has 0 aliphatic heterocycles. The zero-order chi connectivity index (χ0) is 19.2. The molecule has 0 bridgehead atoms. The third kappa shape index (κ3) is 5.27. The van der Waals surface area contributed by atoms with E-state index in [1.54, 1.807) is 18.3 Å². The van der Waals surface area contributed by atoms with Crippen LogP contribution in [0.15, 0.2) is 24.3 Å². The number of hydrogen-bond donors (Lipinski definition) is 1. The first-order valence-electron chi connectivity index (χ1n) is 8.56. The predicted octanol–water partition coefficient (Wildman–Crippen LogP) is 3.22. The van der Waals surface area contributed by atoms with Gasteiger partial charge in [-0.05, 0) is 37.8 Å². The molecule has 2 rings (SSSR count). The lowest BCUT2D eigenvalue weighted by Crippen LogP contribution is -2.50. The summed E-state index contributed by atoms with van der Waals surface area (Å²) in [6, 6.07) is 10.00. The van der Waals surface area contributed by atoms with E-state index in [4.69, 9.17) is 4.74 Å². The van der Waals surface area contributed by atoms with Gasteiger partial charge in [0.2, 0.25) is 0 Å². The summed E-state index contributed by atoms with van der Waals surface area (Å²) in [5, 5.41) is 12.8. The fourth-order valence-electron chi connectivity index (χ4n) is 2.26. The van der Waals surface area contributed by atoms with Gasteiger partial charge in [0.1, 0.15) is 5.54 Å². The summed E-state index contributed by atoms with van der Waals surface area (Å²) in [4.78, 5) is 28.2. The van der Waals surface area contributed by atoms with E-state index in [0.717, 1.165) is 15.2 Å². The number of hydrogen-bond acceptors (Lipinski definition) is 6. The summed E-state index contributed by atoms with van der Waals surface area (Å²) in [7, 11) is 0. The second-order valence-corrected chi connectivity index (χ2v) is 7.72. The molecule has 0 unspecified atom stereocenters. The molecule has 7 heteroatoms. The minimum absolute atomic E-state index is 0.0547. The summed E-state index contributed by atoms with van der Waals surface area (Å²) in [5.74, 6) is -0.951. The summed E-state index contributed by atoms with van der Waals surface area (Å²) < 4.78 is 6.13. The van der Waals surface area contributed by atoms with E-state index in [-0.39, 0.29) is 18.9 Å². The molecular formula is C19H23N3O3S. The minimum atomic E-state index is -0.976. The van der Waals surface area contributed by atoms with Crippen molar-refractivity contribution in [3.05, 3.63) is 29.3 Å². The van der Waals surface area contributed by atoms with Gasteiger partial charge in [0.15, 0.2) is 6.61 Å². The Kier molecular flexibility index (Phi) is 6.70. The number of benzene rings is 1. The van der Waals surface area contributed by atoms with E-state index >= 15 is 0 Å². The number of aryl methyl sites for hydroxylation is 1. The van der Waals surface area contributed by atoms with Gasteiger partial charge >= 0.3 is 5.97 Å². The van der Waals surface area contributed by atoms with Crippen molar-refractivity contribution in [2.75, 3.05) is 6.61 Å². The number of aromatic nitrogens is 1. The summed E-state index contributed by atoms with van der Waals surface area (Å²) >= 11 is 1.62. The molecule has 1 aromatic heterocycles. The molecule has 2 aromatic rings. The Hall–Kier alpha value is -2.46. The molecule has 1 N–H and O–H groups in total. The van der Waals surface area contributed by atoms with Crippen LogP contribution in [-0.2, 0) is 20.7 Å². The lowest BCUT2D eigenvalue weighted by molar-refractivity contribution is -0.149. The highest BCUT2D eigenvalue weighted by Crippen LogP contribution is 2.22. The molecule has 0 saturated heterocycles. The maximum atomic E-state index is 11.9. The zero-order valence-electron chi connectivity index (χ0n) is 15.2. The van der Waals surface area contributed by atoms with Crippen molar-refractivity contribution in [2.24, 2.45) is 5.92 Å². The van der Waals surface area contributed by atoms with Gasteiger partial charge in [0.05, 0.1) is 21.3 Å². The average Bonchev–Trinajstić information content (AvgIpc) is 3.02. The maximum Gasteiger partial charge on any atom is 0.306 e. The summed E-state index contributed by atoms with van der Waals surface area (Å²) in [6.45, 7) is 4.97. The molecule has 0 radical (unpaired) electrons. The fraction of sp³-hybridized carbons (Fsp3) is 0.474. The Morgan fingerprint density at radius 1 is 1.38 bits per heavy atom. The molecule has 0 fully saturated rings. The monoisotopic (exact) mass is 373 g/mol. The van der Waals surface area contributed by atoms with Crippen LogP contribution in [-0.4, -0.2) is 29.0 Å². The molecule has 0 aliphatic carbocycles. The maximum absolute atomic E-state index is 11.9. The number of rotatable bonds is 8. The Labute approximate surface area is 157 Å². The predicted molar refractivity (Wildman–Crippen MR) is 101 cm³/mol. The van der Waals surface area contributed by atoms with Crippen LogP contribution in [0.4, 0.5) is 0 Å². The van der Waals surface area contributed by atoms with E-state index in [2.05, 4.69) is 16.4 Å². The first-order valence-corrected chi connectivity index (χ1v) is 9.38. The zero-order valence-corrected chi connectivity index (χ0v) is 16.1. The normalized spacial score (nSPS) is 13.2. The first-order chi connectivity index (χ1) is 12.3. The van der Waals surface area contributed by atoms with Gasteiger partial charge in [-0.1, -0.05) is 26.0 Å². The van der Waals surface area contributed by atoms with E-state index in [0.29, 0.717) is 12.8 Å². The summed E-state index contributed by atoms with van der Waals surface area (Å²) in [5.41, 5.74) is -0.00600. The lowest BCUT2D eigenvalue weighted by Gasteiger charge is -2.27. The third-order valence-electron chi connectivity index (χ3n) is 4.26. The number of carbonyl (C=O) groups is 2. The smallest absolute Gasteiger partial charge is 0.306 e. The van der Waals surface area contributed by atoms with Crippen LogP contribution in [0.1, 0.15) is 38.6 Å². The number of amides is 1. The lowest BCUT2D eigenvalue weighted by atomic mass is 9.90. The average molecular weight is 373 g/mol. The van der Waals surface area contributed by atoms with Gasteiger partial charge in [0.25, 0.3) is 5.91 Å². The van der Waals surface area contributed by atoms with E-state index in [1.807, 2.05) is 38.1 Å². The molecule has 0 spiro atoms. The fourth-order valence-corrected chi connectivity index (χ4v) is 3.27. The highest BCUT2D eigenvalue weighted by Gasteiger charge is 2.30. The van der Waals surface area contributed by atoms with Crippen molar-refractivity contribution in [3.63, 3.8) is 0 Å². The van der Waals surface area contributed by atoms with Crippen molar-refractivity contribution in [1.29, 1.82) is 5.26 Å². The SMILES string of the molecule is CC(C)[C@](C)(C#N)NC(=O)COC(=O)CCCc1nc2ccccc2s1. The number of para-hydroxylation sites is 1. The van der Waals surface area contributed by atoms with Gasteiger partial charge in [0, 0.05) is 6.42 Å². The van der Waals surface area contributed by atoms with Crippen molar-refractivity contribution in [1.82, 2.24) is 10.3 Å². The number of ether oxygens (including phenoxy) is 1. The molecule has 1 aromatic carbocycles. The largest absolute Gasteiger partial charge is 0.456 e. The van der Waals surface area contributed by atoms with Crippen LogP contribution in [0, 0.1) is 17.2 Å². The van der Waals surface area contributed by atoms with Crippen LogP contribution >= 0.6 is 11.3 Å². The molecule has 26 heavy (non-hydrogen) atoms. The first kappa shape index (κ1) is 19.9. The van der Waals surface area contributed by atoms with Crippen molar-refractivity contribution >= 4 is 33.4 Å². The number of nitriles is 1. The van der Waals surface area contributed by atoms with Crippen LogP contribution in [0.2, 0.25) is 0 Å². The Balaban J connectivity index is 1.72. The van der Waals surface area contributed by atoms with E-state index in [9.17, 15) is 14.9 Å². The quantitative estimate of drug-likeness (QED) is 0.717. The van der Waals surface area contributed by atoms with Crippen molar-refractivity contribution < 1.29 is 14.3 Å². The van der Waals surface area contributed by atoms with Crippen LogP contribution in [0.5, 0.6) is 0 Å². The molecule has 0 aliphatic rings. The van der Waals surface area contributed by atoms with Gasteiger partial charge in [-0.3, -0.25) is 9.59 Å². The number of carbonyl (C=O) groups excluding carboxylic acids is 2. The van der Waals surface area contributed by atoms with Crippen molar-refractivity contribution in [2.45, 2.75) is 45.6 Å². The van der Waals surface area contributed by atoms with Gasteiger partial charge in [-0.25, -0.2) is 4.98 Å². The van der Waals surface area contributed by atoms with E-state index in [1.165, 1.54) is 0 Å². The Morgan fingerprint density at radius 2 is 2.12 bits per heavy atom. The highest BCUT2D eigenvalue weighted by atomic mass is 32.1.